The van der Waals surface area contributed by atoms with Crippen LogP contribution in [0.4, 0.5) is 0 Å². The number of benzene rings is 2. The summed E-state index contributed by atoms with van der Waals surface area (Å²) in [5.41, 5.74) is 6.97. The molecule has 1 aromatic heterocycles. The average molecular weight is 395 g/mol. The van der Waals surface area contributed by atoms with Gasteiger partial charge in [-0.05, 0) is 61.5 Å². The molecule has 0 aliphatic carbocycles. The van der Waals surface area contributed by atoms with Crippen LogP contribution in [0.5, 0.6) is 17.2 Å². The SMILES string of the molecule is COc1ccc(OC)c(/C=C/c2nc3ccc(OC)cc3c(=O)n2CCCN)c1. The molecule has 0 fully saturated rings. The highest BCUT2D eigenvalue weighted by atomic mass is 16.5. The smallest absolute Gasteiger partial charge is 0.261 e. The van der Waals surface area contributed by atoms with Crippen LogP contribution in [0, 0.1) is 0 Å². The molecule has 0 amide bonds. The number of hydrogen-bond acceptors (Lipinski definition) is 6. The van der Waals surface area contributed by atoms with E-state index in [1.54, 1.807) is 50.2 Å². The van der Waals surface area contributed by atoms with Gasteiger partial charge in [-0.2, -0.15) is 0 Å². The Morgan fingerprint density at radius 2 is 1.72 bits per heavy atom. The van der Waals surface area contributed by atoms with Gasteiger partial charge in [0.15, 0.2) is 0 Å². The minimum absolute atomic E-state index is 0.125. The molecule has 7 heteroatoms. The number of ether oxygens (including phenoxy) is 3. The van der Waals surface area contributed by atoms with Crippen molar-refractivity contribution in [2.24, 2.45) is 5.73 Å². The van der Waals surface area contributed by atoms with Gasteiger partial charge in [-0.3, -0.25) is 9.36 Å². The molecular weight excluding hydrogens is 370 g/mol. The fraction of sp³-hybridized carbons (Fsp3) is 0.273. The summed E-state index contributed by atoms with van der Waals surface area (Å²) < 4.78 is 17.6. The summed E-state index contributed by atoms with van der Waals surface area (Å²) in [5.74, 6) is 2.57. The zero-order valence-electron chi connectivity index (χ0n) is 16.8. The van der Waals surface area contributed by atoms with Gasteiger partial charge in [0.25, 0.3) is 5.56 Å². The molecule has 2 N–H and O–H groups in total. The van der Waals surface area contributed by atoms with E-state index in [4.69, 9.17) is 19.9 Å². The standard InChI is InChI=1S/C22H25N3O4/c1-27-16-7-9-20(29-3)15(13-16)5-10-21-24-19-8-6-17(28-2)14-18(19)22(26)25(21)12-4-11-23/h5-10,13-14H,4,11-12,23H2,1-3H3/b10-5+. The fourth-order valence-electron chi connectivity index (χ4n) is 3.07. The van der Waals surface area contributed by atoms with Gasteiger partial charge in [-0.25, -0.2) is 4.98 Å². The lowest BCUT2D eigenvalue weighted by Crippen LogP contribution is -2.25. The molecule has 2 aromatic carbocycles. The van der Waals surface area contributed by atoms with E-state index in [-0.39, 0.29) is 5.56 Å². The molecule has 0 unspecified atom stereocenters. The number of aromatic nitrogens is 2. The first-order chi connectivity index (χ1) is 14.1. The molecule has 1 heterocycles. The molecule has 0 radical (unpaired) electrons. The molecule has 3 rings (SSSR count). The number of hydrogen-bond donors (Lipinski definition) is 1. The lowest BCUT2D eigenvalue weighted by molar-refractivity contribution is 0.402. The van der Waals surface area contributed by atoms with Crippen molar-refractivity contribution in [3.8, 4) is 17.2 Å². The van der Waals surface area contributed by atoms with Crippen molar-refractivity contribution in [2.45, 2.75) is 13.0 Å². The van der Waals surface area contributed by atoms with Crippen molar-refractivity contribution in [3.05, 3.63) is 58.1 Å². The normalized spacial score (nSPS) is 11.2. The predicted molar refractivity (Wildman–Crippen MR) is 115 cm³/mol. The molecule has 7 nitrogen and oxygen atoms in total. The molecule has 0 atom stereocenters. The lowest BCUT2D eigenvalue weighted by atomic mass is 10.1. The van der Waals surface area contributed by atoms with Crippen LogP contribution in [-0.4, -0.2) is 37.4 Å². The summed E-state index contributed by atoms with van der Waals surface area (Å²) in [6.45, 7) is 0.958. The Kier molecular flexibility index (Phi) is 6.51. The van der Waals surface area contributed by atoms with Gasteiger partial charge in [-0.1, -0.05) is 0 Å². The summed E-state index contributed by atoms with van der Waals surface area (Å²) in [5, 5.41) is 0.512. The first kappa shape index (κ1) is 20.4. The maximum atomic E-state index is 13.1. The summed E-state index contributed by atoms with van der Waals surface area (Å²) in [4.78, 5) is 17.8. The predicted octanol–water partition coefficient (Wildman–Crippen LogP) is 2.94. The number of fused-ring (bicyclic) bond motifs is 1. The van der Waals surface area contributed by atoms with Gasteiger partial charge in [0.1, 0.15) is 23.1 Å². The quantitative estimate of drug-likeness (QED) is 0.631. The van der Waals surface area contributed by atoms with E-state index >= 15 is 0 Å². The van der Waals surface area contributed by atoms with Crippen molar-refractivity contribution in [3.63, 3.8) is 0 Å². The maximum Gasteiger partial charge on any atom is 0.261 e. The second kappa shape index (κ2) is 9.25. The molecule has 0 spiro atoms. The van der Waals surface area contributed by atoms with Crippen molar-refractivity contribution in [1.82, 2.24) is 9.55 Å². The van der Waals surface area contributed by atoms with Crippen molar-refractivity contribution >= 4 is 23.1 Å². The summed E-state index contributed by atoms with van der Waals surface area (Å²) >= 11 is 0. The van der Waals surface area contributed by atoms with Crippen LogP contribution in [0.3, 0.4) is 0 Å². The van der Waals surface area contributed by atoms with Gasteiger partial charge < -0.3 is 19.9 Å². The molecule has 0 saturated heterocycles. The summed E-state index contributed by atoms with van der Waals surface area (Å²) in [6.07, 6.45) is 4.33. The first-order valence-electron chi connectivity index (χ1n) is 9.30. The number of rotatable bonds is 8. The van der Waals surface area contributed by atoms with Crippen LogP contribution in [0.25, 0.3) is 23.1 Å². The van der Waals surface area contributed by atoms with Crippen LogP contribution in [-0.2, 0) is 6.54 Å². The molecular formula is C22H25N3O4. The molecule has 0 aliphatic rings. The van der Waals surface area contributed by atoms with E-state index in [9.17, 15) is 4.79 Å². The van der Waals surface area contributed by atoms with Crippen molar-refractivity contribution in [2.75, 3.05) is 27.9 Å². The van der Waals surface area contributed by atoms with Crippen LogP contribution in [0.2, 0.25) is 0 Å². The van der Waals surface area contributed by atoms with E-state index < -0.39 is 0 Å². The summed E-state index contributed by atoms with van der Waals surface area (Å²) in [7, 11) is 4.79. The van der Waals surface area contributed by atoms with E-state index in [0.717, 1.165) is 5.56 Å². The number of methoxy groups -OCH3 is 3. The summed E-state index contributed by atoms with van der Waals surface area (Å²) in [6, 6.07) is 10.8. The zero-order valence-corrected chi connectivity index (χ0v) is 16.8. The van der Waals surface area contributed by atoms with Gasteiger partial charge in [-0.15, -0.1) is 0 Å². The average Bonchev–Trinajstić information content (AvgIpc) is 2.76. The second-order valence-electron chi connectivity index (χ2n) is 6.39. The van der Waals surface area contributed by atoms with Gasteiger partial charge in [0, 0.05) is 12.1 Å². The highest BCUT2D eigenvalue weighted by Crippen LogP contribution is 2.26. The lowest BCUT2D eigenvalue weighted by Gasteiger charge is -2.12. The van der Waals surface area contributed by atoms with Crippen LogP contribution in [0.1, 0.15) is 17.8 Å². The van der Waals surface area contributed by atoms with Crippen molar-refractivity contribution < 1.29 is 14.2 Å². The largest absolute Gasteiger partial charge is 0.497 e. The highest BCUT2D eigenvalue weighted by molar-refractivity contribution is 5.81. The topological polar surface area (TPSA) is 88.6 Å². The number of nitrogens with two attached hydrogens (primary N) is 1. The number of nitrogens with zero attached hydrogens (tertiary/aromatic N) is 2. The third-order valence-electron chi connectivity index (χ3n) is 4.63. The van der Waals surface area contributed by atoms with Crippen LogP contribution >= 0.6 is 0 Å². The van der Waals surface area contributed by atoms with Gasteiger partial charge in [0.2, 0.25) is 0 Å². The fourth-order valence-corrected chi connectivity index (χ4v) is 3.07. The zero-order chi connectivity index (χ0) is 20.8. The van der Waals surface area contributed by atoms with Crippen LogP contribution in [0.15, 0.2) is 41.2 Å². The molecule has 0 saturated carbocycles. The third-order valence-corrected chi connectivity index (χ3v) is 4.63. The van der Waals surface area contributed by atoms with E-state index in [1.807, 2.05) is 24.3 Å². The van der Waals surface area contributed by atoms with Crippen LogP contribution < -0.4 is 25.5 Å². The maximum absolute atomic E-state index is 13.1. The Bertz CT molecular complexity index is 1090. The second-order valence-corrected chi connectivity index (χ2v) is 6.39. The highest BCUT2D eigenvalue weighted by Gasteiger charge is 2.11. The van der Waals surface area contributed by atoms with Crippen molar-refractivity contribution in [1.29, 1.82) is 0 Å². The Hall–Kier alpha value is -3.32. The first-order valence-corrected chi connectivity index (χ1v) is 9.30. The monoisotopic (exact) mass is 395 g/mol. The Balaban J connectivity index is 2.13. The Labute approximate surface area is 169 Å². The molecule has 0 aliphatic heterocycles. The minimum Gasteiger partial charge on any atom is -0.497 e. The van der Waals surface area contributed by atoms with E-state index in [2.05, 4.69) is 4.98 Å². The molecule has 29 heavy (non-hydrogen) atoms. The molecule has 0 bridgehead atoms. The van der Waals surface area contributed by atoms with E-state index in [1.165, 1.54) is 0 Å². The van der Waals surface area contributed by atoms with E-state index in [0.29, 0.717) is 53.5 Å². The Morgan fingerprint density at radius 3 is 2.41 bits per heavy atom. The third kappa shape index (κ3) is 4.41. The Morgan fingerprint density at radius 1 is 1.00 bits per heavy atom. The molecule has 3 aromatic rings. The minimum atomic E-state index is -0.125. The van der Waals surface area contributed by atoms with Gasteiger partial charge >= 0.3 is 0 Å². The molecule has 152 valence electrons. The van der Waals surface area contributed by atoms with Gasteiger partial charge in [0.05, 0.1) is 32.2 Å².